The fourth-order valence-electron chi connectivity index (χ4n) is 5.26. The van der Waals surface area contributed by atoms with Gasteiger partial charge in [0.15, 0.2) is 0 Å². The third kappa shape index (κ3) is 3.78. The molecular formula is C29H27N5O2. The Morgan fingerprint density at radius 1 is 0.833 bits per heavy atom. The van der Waals surface area contributed by atoms with Crippen LogP contribution in [0, 0.1) is 0 Å². The predicted molar refractivity (Wildman–Crippen MR) is 140 cm³/mol. The van der Waals surface area contributed by atoms with E-state index in [0.29, 0.717) is 35.5 Å². The second-order valence-electron chi connectivity index (χ2n) is 9.22. The number of benzene rings is 2. The maximum absolute atomic E-state index is 13.6. The number of piperazine rings is 1. The summed E-state index contributed by atoms with van der Waals surface area (Å²) in [7, 11) is 1.80. The summed E-state index contributed by atoms with van der Waals surface area (Å²) in [5.74, 6) is -0.0698. The first-order chi connectivity index (χ1) is 17.6. The van der Waals surface area contributed by atoms with Gasteiger partial charge in [0.2, 0.25) is 0 Å². The minimum Gasteiger partial charge on any atom is -0.335 e. The Hall–Kier alpha value is -4.23. The summed E-state index contributed by atoms with van der Waals surface area (Å²) in [5, 5.41) is 0.455. The fourth-order valence-corrected chi connectivity index (χ4v) is 5.26. The van der Waals surface area contributed by atoms with Gasteiger partial charge in [0.25, 0.3) is 11.5 Å². The van der Waals surface area contributed by atoms with E-state index in [2.05, 4.69) is 58.4 Å². The number of hydrogen-bond donors (Lipinski definition) is 0. The van der Waals surface area contributed by atoms with E-state index in [1.54, 1.807) is 36.0 Å². The SMILES string of the molecule is Cn1c(C(=O)N2CCN(C(c3ccccc3)c3ccccc3)CC2)cc2c(=O)n3ccccc3nc21. The number of hydrogen-bond acceptors (Lipinski definition) is 4. The zero-order valence-electron chi connectivity index (χ0n) is 20.1. The van der Waals surface area contributed by atoms with Crippen LogP contribution in [0.4, 0.5) is 0 Å². The number of aromatic nitrogens is 3. The van der Waals surface area contributed by atoms with Gasteiger partial charge in [-0.3, -0.25) is 18.9 Å². The van der Waals surface area contributed by atoms with Crippen molar-refractivity contribution >= 4 is 22.6 Å². The van der Waals surface area contributed by atoms with E-state index in [-0.39, 0.29) is 17.5 Å². The van der Waals surface area contributed by atoms with Gasteiger partial charge >= 0.3 is 0 Å². The number of nitrogens with zero attached hydrogens (tertiary/aromatic N) is 5. The van der Waals surface area contributed by atoms with Gasteiger partial charge in [-0.2, -0.15) is 0 Å². The number of fused-ring (bicyclic) bond motifs is 2. The van der Waals surface area contributed by atoms with E-state index in [4.69, 9.17) is 0 Å². The van der Waals surface area contributed by atoms with Crippen molar-refractivity contribution in [1.82, 2.24) is 23.8 Å². The molecule has 0 saturated carbocycles. The molecule has 1 aliphatic rings. The molecule has 1 saturated heterocycles. The molecule has 7 nitrogen and oxygen atoms in total. The van der Waals surface area contributed by atoms with Gasteiger partial charge in [0.05, 0.1) is 11.4 Å². The van der Waals surface area contributed by atoms with E-state index >= 15 is 0 Å². The summed E-state index contributed by atoms with van der Waals surface area (Å²) in [4.78, 5) is 35.5. The topological polar surface area (TPSA) is 62.9 Å². The molecule has 180 valence electrons. The van der Waals surface area contributed by atoms with Crippen LogP contribution < -0.4 is 5.56 Å². The third-order valence-corrected chi connectivity index (χ3v) is 7.13. The Morgan fingerprint density at radius 2 is 1.44 bits per heavy atom. The lowest BCUT2D eigenvalue weighted by atomic mass is 9.96. The molecule has 3 aromatic heterocycles. The second kappa shape index (κ2) is 9.09. The molecule has 1 fully saturated rings. The Balaban J connectivity index is 1.27. The molecule has 1 amide bonds. The second-order valence-corrected chi connectivity index (χ2v) is 9.22. The van der Waals surface area contributed by atoms with Crippen molar-refractivity contribution < 1.29 is 4.79 Å². The average Bonchev–Trinajstić information content (AvgIpc) is 3.26. The van der Waals surface area contributed by atoms with Crippen LogP contribution in [0.1, 0.15) is 27.7 Å². The van der Waals surface area contributed by atoms with Crippen LogP contribution >= 0.6 is 0 Å². The van der Waals surface area contributed by atoms with Gasteiger partial charge < -0.3 is 9.47 Å². The maximum Gasteiger partial charge on any atom is 0.270 e. The summed E-state index contributed by atoms with van der Waals surface area (Å²) in [6.45, 7) is 2.75. The smallest absolute Gasteiger partial charge is 0.270 e. The first-order valence-corrected chi connectivity index (χ1v) is 12.2. The zero-order chi connectivity index (χ0) is 24.6. The number of rotatable bonds is 4. The van der Waals surface area contributed by atoms with Crippen LogP contribution in [-0.4, -0.2) is 55.8 Å². The maximum atomic E-state index is 13.6. The Bertz CT molecular complexity index is 1560. The van der Waals surface area contributed by atoms with Crippen molar-refractivity contribution in [3.05, 3.63) is 118 Å². The van der Waals surface area contributed by atoms with Crippen LogP contribution in [0.2, 0.25) is 0 Å². The van der Waals surface area contributed by atoms with E-state index in [0.717, 1.165) is 13.1 Å². The van der Waals surface area contributed by atoms with Crippen LogP contribution in [0.5, 0.6) is 0 Å². The molecule has 0 unspecified atom stereocenters. The van der Waals surface area contributed by atoms with Gasteiger partial charge in [-0.25, -0.2) is 4.98 Å². The zero-order valence-corrected chi connectivity index (χ0v) is 20.1. The van der Waals surface area contributed by atoms with Crippen LogP contribution in [0.3, 0.4) is 0 Å². The normalized spacial score (nSPS) is 14.7. The van der Waals surface area contributed by atoms with Gasteiger partial charge in [-0.15, -0.1) is 0 Å². The molecule has 0 atom stereocenters. The highest BCUT2D eigenvalue weighted by Crippen LogP contribution is 2.29. The lowest BCUT2D eigenvalue weighted by molar-refractivity contribution is 0.0589. The number of carbonyl (C=O) groups excluding carboxylic acids is 1. The summed E-state index contributed by atoms with van der Waals surface area (Å²) in [6.07, 6.45) is 1.70. The molecule has 0 N–H and O–H groups in total. The molecule has 0 radical (unpaired) electrons. The van der Waals surface area contributed by atoms with Gasteiger partial charge in [0, 0.05) is 39.4 Å². The van der Waals surface area contributed by atoms with Crippen molar-refractivity contribution in [2.45, 2.75) is 6.04 Å². The summed E-state index contributed by atoms with van der Waals surface area (Å²) >= 11 is 0. The van der Waals surface area contributed by atoms with Gasteiger partial charge in [-0.05, 0) is 29.3 Å². The van der Waals surface area contributed by atoms with Gasteiger partial charge in [0.1, 0.15) is 17.0 Å². The average molecular weight is 478 g/mol. The number of carbonyl (C=O) groups is 1. The molecule has 36 heavy (non-hydrogen) atoms. The molecule has 1 aliphatic heterocycles. The molecule has 6 rings (SSSR count). The Kier molecular flexibility index (Phi) is 5.62. The summed E-state index contributed by atoms with van der Waals surface area (Å²) < 4.78 is 3.26. The van der Waals surface area contributed by atoms with Crippen molar-refractivity contribution in [1.29, 1.82) is 0 Å². The Labute approximate surface area is 208 Å². The number of amides is 1. The molecule has 0 bridgehead atoms. The van der Waals surface area contributed by atoms with Crippen molar-refractivity contribution in [2.75, 3.05) is 26.2 Å². The lowest BCUT2D eigenvalue weighted by Crippen LogP contribution is -2.50. The molecular weight excluding hydrogens is 450 g/mol. The quantitative estimate of drug-likeness (QED) is 0.396. The Morgan fingerprint density at radius 3 is 2.08 bits per heavy atom. The molecule has 0 aliphatic carbocycles. The lowest BCUT2D eigenvalue weighted by Gasteiger charge is -2.39. The summed E-state index contributed by atoms with van der Waals surface area (Å²) in [5.41, 5.74) is 3.91. The largest absolute Gasteiger partial charge is 0.335 e. The highest BCUT2D eigenvalue weighted by molar-refractivity contribution is 5.98. The van der Waals surface area contributed by atoms with Crippen LogP contribution in [0.25, 0.3) is 16.7 Å². The fraction of sp³-hybridized carbons (Fsp3) is 0.207. The number of pyridine rings is 1. The molecule has 2 aromatic carbocycles. The van der Waals surface area contributed by atoms with Crippen molar-refractivity contribution in [2.24, 2.45) is 7.05 Å². The van der Waals surface area contributed by atoms with Crippen molar-refractivity contribution in [3.63, 3.8) is 0 Å². The third-order valence-electron chi connectivity index (χ3n) is 7.13. The van der Waals surface area contributed by atoms with E-state index < -0.39 is 0 Å². The minimum atomic E-state index is -0.163. The highest BCUT2D eigenvalue weighted by atomic mass is 16.2. The first kappa shape index (κ1) is 22.2. The molecule has 5 aromatic rings. The van der Waals surface area contributed by atoms with Crippen LogP contribution in [-0.2, 0) is 7.05 Å². The monoisotopic (exact) mass is 477 g/mol. The highest BCUT2D eigenvalue weighted by Gasteiger charge is 2.30. The summed E-state index contributed by atoms with van der Waals surface area (Å²) in [6, 6.07) is 28.3. The van der Waals surface area contributed by atoms with Crippen molar-refractivity contribution in [3.8, 4) is 0 Å². The number of aryl methyl sites for hydroxylation is 1. The molecule has 7 heteroatoms. The first-order valence-electron chi connectivity index (χ1n) is 12.2. The minimum absolute atomic E-state index is 0.0698. The van der Waals surface area contributed by atoms with Gasteiger partial charge in [-0.1, -0.05) is 66.7 Å². The van der Waals surface area contributed by atoms with E-state index in [9.17, 15) is 9.59 Å². The molecule has 0 spiro atoms. The van der Waals surface area contributed by atoms with Crippen LogP contribution in [0.15, 0.2) is 95.9 Å². The predicted octanol–water partition coefficient (Wildman–Crippen LogP) is 3.73. The van der Waals surface area contributed by atoms with E-state index in [1.165, 1.54) is 15.5 Å². The molecule has 4 heterocycles. The van der Waals surface area contributed by atoms with E-state index in [1.807, 2.05) is 23.1 Å². The standard InChI is InChI=1S/C29H27N5O2/c1-31-24(20-23-27(31)30-25-14-8-9-15-34(25)28(23)35)29(36)33-18-16-32(17-19-33)26(21-10-4-2-5-11-21)22-12-6-3-7-13-22/h2-15,20,26H,16-19H2,1H3.